The van der Waals surface area contributed by atoms with E-state index in [9.17, 15) is 10.1 Å². The van der Waals surface area contributed by atoms with Crippen LogP contribution in [0.4, 0.5) is 5.00 Å². The highest BCUT2D eigenvalue weighted by Gasteiger charge is 2.14. The number of nitrogens with zero attached hydrogens (tertiary/aromatic N) is 1. The number of thiophene rings is 1. The summed E-state index contributed by atoms with van der Waals surface area (Å²) in [7, 11) is 1.67. The molecule has 1 atom stereocenters. The Balaban J connectivity index is 2.50. The molecule has 0 bridgehead atoms. The van der Waals surface area contributed by atoms with Gasteiger partial charge in [0, 0.05) is 31.1 Å². The quantitative estimate of drug-likeness (QED) is 0.602. The van der Waals surface area contributed by atoms with Crippen LogP contribution in [0.2, 0.25) is 0 Å². The first-order valence-electron chi connectivity index (χ1n) is 5.48. The van der Waals surface area contributed by atoms with E-state index in [1.54, 1.807) is 13.2 Å². The van der Waals surface area contributed by atoms with Gasteiger partial charge in [-0.1, -0.05) is 25.2 Å². The van der Waals surface area contributed by atoms with Crippen LogP contribution in [0.5, 0.6) is 0 Å². The maximum atomic E-state index is 10.5. The Kier molecular flexibility index (Phi) is 5.54. The highest BCUT2D eigenvalue weighted by molar-refractivity contribution is 7.13. The molecule has 1 N–H and O–H groups in total. The first kappa shape index (κ1) is 14.1. The highest BCUT2D eigenvalue weighted by Crippen LogP contribution is 2.22. The van der Waals surface area contributed by atoms with E-state index < -0.39 is 0 Å². The van der Waals surface area contributed by atoms with Gasteiger partial charge in [0.15, 0.2) is 0 Å². The number of rotatable bonds is 7. The molecule has 0 aliphatic rings. The molecule has 0 aromatic carbocycles. The normalized spacial score (nSPS) is 12.9. The molecule has 6 heteroatoms. The first-order chi connectivity index (χ1) is 8.04. The highest BCUT2D eigenvalue weighted by atomic mass is 32.1. The molecule has 1 rings (SSSR count). The lowest BCUT2D eigenvalue weighted by molar-refractivity contribution is -0.380. The molecule has 1 heterocycles. The fraction of sp³-hybridized carbons (Fsp3) is 0.636. The lowest BCUT2D eigenvalue weighted by Gasteiger charge is -2.21. The van der Waals surface area contributed by atoms with Crippen molar-refractivity contribution in [1.29, 1.82) is 0 Å². The molecule has 0 saturated heterocycles. The maximum Gasteiger partial charge on any atom is 0.324 e. The van der Waals surface area contributed by atoms with E-state index in [2.05, 4.69) is 19.2 Å². The molecular formula is C11H18N2O3S. The molecular weight excluding hydrogens is 240 g/mol. The van der Waals surface area contributed by atoms with Gasteiger partial charge in [0.05, 0.1) is 11.5 Å². The van der Waals surface area contributed by atoms with Crippen LogP contribution >= 0.6 is 11.3 Å². The summed E-state index contributed by atoms with van der Waals surface area (Å²) in [5.41, 5.74) is 0.948. The molecule has 1 aromatic rings. The average Bonchev–Trinajstić information content (AvgIpc) is 2.72. The second kappa shape index (κ2) is 6.68. The Hall–Kier alpha value is -0.980. The Morgan fingerprint density at radius 3 is 2.76 bits per heavy atom. The summed E-state index contributed by atoms with van der Waals surface area (Å²) in [4.78, 5) is 10.2. The Labute approximate surface area is 105 Å². The predicted molar refractivity (Wildman–Crippen MR) is 68.3 cm³/mol. The van der Waals surface area contributed by atoms with Gasteiger partial charge in [0.2, 0.25) is 0 Å². The van der Waals surface area contributed by atoms with Gasteiger partial charge in [-0.25, -0.2) is 0 Å². The molecule has 0 saturated carbocycles. The zero-order chi connectivity index (χ0) is 12.8. The van der Waals surface area contributed by atoms with Crippen LogP contribution in [-0.2, 0) is 11.3 Å². The van der Waals surface area contributed by atoms with Crippen molar-refractivity contribution in [2.24, 2.45) is 5.92 Å². The van der Waals surface area contributed by atoms with Gasteiger partial charge in [-0.15, -0.1) is 0 Å². The van der Waals surface area contributed by atoms with Crippen LogP contribution in [0, 0.1) is 16.0 Å². The zero-order valence-electron chi connectivity index (χ0n) is 10.3. The number of hydrogen-bond donors (Lipinski definition) is 1. The molecule has 1 aromatic heterocycles. The van der Waals surface area contributed by atoms with Gasteiger partial charge in [-0.05, 0) is 11.5 Å². The van der Waals surface area contributed by atoms with Gasteiger partial charge < -0.3 is 10.1 Å². The molecule has 96 valence electrons. The predicted octanol–water partition coefficient (Wildman–Crippen LogP) is 2.42. The van der Waals surface area contributed by atoms with E-state index in [1.165, 1.54) is 0 Å². The van der Waals surface area contributed by atoms with E-state index in [1.807, 2.05) is 5.38 Å². The second-order valence-corrected chi connectivity index (χ2v) is 5.13. The smallest absolute Gasteiger partial charge is 0.324 e. The topological polar surface area (TPSA) is 64.4 Å². The summed E-state index contributed by atoms with van der Waals surface area (Å²) in [5.74, 6) is 0.462. The minimum Gasteiger partial charge on any atom is -0.383 e. The molecule has 1 unspecified atom stereocenters. The third-order valence-electron chi connectivity index (χ3n) is 2.54. The Morgan fingerprint density at radius 1 is 1.59 bits per heavy atom. The molecule has 0 spiro atoms. The lowest BCUT2D eigenvalue weighted by Crippen LogP contribution is -2.37. The van der Waals surface area contributed by atoms with Crippen molar-refractivity contribution in [1.82, 2.24) is 5.32 Å². The number of nitro groups is 1. The van der Waals surface area contributed by atoms with E-state index in [-0.39, 0.29) is 16.0 Å². The van der Waals surface area contributed by atoms with E-state index in [0.29, 0.717) is 19.1 Å². The van der Waals surface area contributed by atoms with Crippen molar-refractivity contribution in [2.75, 3.05) is 13.7 Å². The van der Waals surface area contributed by atoms with Crippen LogP contribution < -0.4 is 5.32 Å². The van der Waals surface area contributed by atoms with Crippen molar-refractivity contribution in [3.63, 3.8) is 0 Å². The summed E-state index contributed by atoms with van der Waals surface area (Å²) in [6.45, 7) is 5.51. The number of hydrogen-bond acceptors (Lipinski definition) is 5. The monoisotopic (exact) mass is 258 g/mol. The molecule has 0 aliphatic heterocycles. The van der Waals surface area contributed by atoms with E-state index in [0.717, 1.165) is 16.9 Å². The molecule has 0 radical (unpaired) electrons. The minimum absolute atomic E-state index is 0.189. The third kappa shape index (κ3) is 4.41. The Morgan fingerprint density at radius 2 is 2.29 bits per heavy atom. The molecule has 0 amide bonds. The van der Waals surface area contributed by atoms with Crippen molar-refractivity contribution >= 4 is 16.3 Å². The SMILES string of the molecule is COCC(NCc1csc([N+](=O)[O-])c1)C(C)C. The molecule has 17 heavy (non-hydrogen) atoms. The molecule has 0 fully saturated rings. The number of methoxy groups -OCH3 is 1. The summed E-state index contributed by atoms with van der Waals surface area (Å²) < 4.78 is 5.13. The van der Waals surface area contributed by atoms with Gasteiger partial charge in [0.1, 0.15) is 0 Å². The summed E-state index contributed by atoms with van der Waals surface area (Å²) >= 11 is 1.16. The minimum atomic E-state index is -0.358. The summed E-state index contributed by atoms with van der Waals surface area (Å²) in [5, 5.41) is 15.9. The summed E-state index contributed by atoms with van der Waals surface area (Å²) in [6, 6.07) is 1.88. The number of nitrogens with one attached hydrogen (secondary N) is 1. The fourth-order valence-electron chi connectivity index (χ4n) is 1.47. The van der Waals surface area contributed by atoms with Crippen LogP contribution in [-0.4, -0.2) is 24.7 Å². The van der Waals surface area contributed by atoms with Crippen LogP contribution in [0.1, 0.15) is 19.4 Å². The van der Waals surface area contributed by atoms with E-state index >= 15 is 0 Å². The zero-order valence-corrected chi connectivity index (χ0v) is 11.1. The van der Waals surface area contributed by atoms with Crippen LogP contribution in [0.15, 0.2) is 11.4 Å². The lowest BCUT2D eigenvalue weighted by atomic mass is 10.1. The van der Waals surface area contributed by atoms with Crippen molar-refractivity contribution in [3.05, 3.63) is 27.1 Å². The third-order valence-corrected chi connectivity index (χ3v) is 3.47. The van der Waals surface area contributed by atoms with Gasteiger partial charge in [0.25, 0.3) is 0 Å². The van der Waals surface area contributed by atoms with Gasteiger partial charge in [-0.3, -0.25) is 10.1 Å². The second-order valence-electron chi connectivity index (χ2n) is 4.24. The van der Waals surface area contributed by atoms with Crippen molar-refractivity contribution in [2.45, 2.75) is 26.4 Å². The Bertz CT molecular complexity index is 365. The average molecular weight is 258 g/mol. The number of ether oxygens (including phenoxy) is 1. The molecule has 0 aliphatic carbocycles. The fourth-order valence-corrected chi connectivity index (χ4v) is 2.20. The summed E-state index contributed by atoms with van der Waals surface area (Å²) in [6.07, 6.45) is 0. The molecule has 5 nitrogen and oxygen atoms in total. The van der Waals surface area contributed by atoms with Crippen LogP contribution in [0.25, 0.3) is 0 Å². The largest absolute Gasteiger partial charge is 0.383 e. The van der Waals surface area contributed by atoms with Crippen LogP contribution in [0.3, 0.4) is 0 Å². The van der Waals surface area contributed by atoms with Gasteiger partial charge in [-0.2, -0.15) is 0 Å². The van der Waals surface area contributed by atoms with Crippen molar-refractivity contribution < 1.29 is 9.66 Å². The maximum absolute atomic E-state index is 10.5. The first-order valence-corrected chi connectivity index (χ1v) is 6.36. The van der Waals surface area contributed by atoms with Gasteiger partial charge >= 0.3 is 5.00 Å². The van der Waals surface area contributed by atoms with E-state index in [4.69, 9.17) is 4.74 Å². The van der Waals surface area contributed by atoms with Crippen molar-refractivity contribution in [3.8, 4) is 0 Å². The standard InChI is InChI=1S/C11H18N2O3S/c1-8(2)10(6-16-3)12-5-9-4-11(13(14)15)17-7-9/h4,7-8,10,12H,5-6H2,1-3H3.